The highest BCUT2D eigenvalue weighted by Crippen LogP contribution is 2.30. The third-order valence-electron chi connectivity index (χ3n) is 5.37. The molecule has 0 saturated heterocycles. The average molecular weight is 477 g/mol. The first-order chi connectivity index (χ1) is 16.3. The van der Waals surface area contributed by atoms with E-state index >= 15 is 0 Å². The first kappa shape index (κ1) is 23.4. The van der Waals surface area contributed by atoms with E-state index in [1.807, 2.05) is 31.2 Å². The van der Waals surface area contributed by atoms with Gasteiger partial charge in [0.05, 0.1) is 28.5 Å². The maximum absolute atomic E-state index is 13.6. The van der Waals surface area contributed by atoms with E-state index < -0.39 is 18.0 Å². The number of allylic oxidation sites excluding steroid dienone is 1. The molecule has 1 aliphatic rings. The molecule has 0 fully saturated rings. The third kappa shape index (κ3) is 4.49. The van der Waals surface area contributed by atoms with Crippen LogP contribution in [0.25, 0.3) is 6.08 Å². The summed E-state index contributed by atoms with van der Waals surface area (Å²) >= 11 is 1.22. The molecule has 0 amide bonds. The SMILES string of the molecule is CCOC(=O)C1=C(C)N=c2s/c(=C\c3ccccc3OC(C)=O)c(=O)n2C1c1ccc(C)cc1. The number of fused-ring (bicyclic) bond motifs is 1. The van der Waals surface area contributed by atoms with Crippen LogP contribution in [0, 0.1) is 6.92 Å². The number of nitrogens with zero attached hydrogens (tertiary/aromatic N) is 2. The van der Waals surface area contributed by atoms with Gasteiger partial charge in [-0.2, -0.15) is 0 Å². The Hall–Kier alpha value is -3.78. The maximum atomic E-state index is 13.6. The minimum Gasteiger partial charge on any atom is -0.463 e. The molecule has 1 atom stereocenters. The molecule has 7 nitrogen and oxygen atoms in total. The molecule has 1 aliphatic heterocycles. The van der Waals surface area contributed by atoms with E-state index in [2.05, 4.69) is 4.99 Å². The van der Waals surface area contributed by atoms with Gasteiger partial charge in [-0.05, 0) is 38.5 Å². The number of hydrogen-bond acceptors (Lipinski definition) is 7. The van der Waals surface area contributed by atoms with Crippen LogP contribution in [0.5, 0.6) is 5.75 Å². The maximum Gasteiger partial charge on any atom is 0.338 e. The van der Waals surface area contributed by atoms with Crippen molar-refractivity contribution in [2.24, 2.45) is 4.99 Å². The van der Waals surface area contributed by atoms with Crippen molar-refractivity contribution in [1.29, 1.82) is 0 Å². The Morgan fingerprint density at radius 3 is 2.50 bits per heavy atom. The molecule has 0 aliphatic carbocycles. The number of rotatable bonds is 5. The van der Waals surface area contributed by atoms with Crippen molar-refractivity contribution in [2.75, 3.05) is 6.61 Å². The second-order valence-corrected chi connectivity index (χ2v) is 8.85. The molecule has 0 radical (unpaired) electrons. The van der Waals surface area contributed by atoms with Gasteiger partial charge in [0.2, 0.25) is 0 Å². The van der Waals surface area contributed by atoms with Crippen molar-refractivity contribution in [3.05, 3.63) is 96.2 Å². The van der Waals surface area contributed by atoms with Gasteiger partial charge in [-0.25, -0.2) is 9.79 Å². The number of carbonyl (C=O) groups is 2. The summed E-state index contributed by atoms with van der Waals surface area (Å²) in [5, 5.41) is 0. The number of esters is 2. The molecule has 1 aromatic heterocycles. The van der Waals surface area contributed by atoms with Crippen LogP contribution in [0.3, 0.4) is 0 Å². The zero-order valence-electron chi connectivity index (χ0n) is 19.3. The normalized spacial score (nSPS) is 15.5. The van der Waals surface area contributed by atoms with Gasteiger partial charge in [-0.3, -0.25) is 14.2 Å². The van der Waals surface area contributed by atoms with E-state index in [4.69, 9.17) is 9.47 Å². The second-order valence-electron chi connectivity index (χ2n) is 7.84. The van der Waals surface area contributed by atoms with Crippen LogP contribution in [-0.4, -0.2) is 23.1 Å². The van der Waals surface area contributed by atoms with Crippen LogP contribution in [0.4, 0.5) is 0 Å². The van der Waals surface area contributed by atoms with E-state index in [1.165, 1.54) is 22.8 Å². The van der Waals surface area contributed by atoms with Gasteiger partial charge in [0.1, 0.15) is 5.75 Å². The first-order valence-corrected chi connectivity index (χ1v) is 11.7. The fourth-order valence-corrected chi connectivity index (χ4v) is 4.88. The fraction of sp³-hybridized carbons (Fsp3) is 0.231. The molecule has 0 spiro atoms. The molecule has 0 N–H and O–H groups in total. The van der Waals surface area contributed by atoms with E-state index in [-0.39, 0.29) is 12.2 Å². The van der Waals surface area contributed by atoms with E-state index in [0.29, 0.717) is 31.9 Å². The zero-order valence-corrected chi connectivity index (χ0v) is 20.1. The van der Waals surface area contributed by atoms with Gasteiger partial charge >= 0.3 is 11.9 Å². The van der Waals surface area contributed by atoms with Gasteiger partial charge in [0.25, 0.3) is 5.56 Å². The molecule has 0 bridgehead atoms. The largest absolute Gasteiger partial charge is 0.463 e. The Morgan fingerprint density at radius 1 is 1.12 bits per heavy atom. The van der Waals surface area contributed by atoms with Crippen LogP contribution in [0.2, 0.25) is 0 Å². The number of aromatic nitrogens is 1. The number of benzene rings is 2. The Balaban J connectivity index is 1.94. The van der Waals surface area contributed by atoms with E-state index in [9.17, 15) is 14.4 Å². The quantitative estimate of drug-likeness (QED) is 0.417. The molecule has 34 heavy (non-hydrogen) atoms. The lowest BCUT2D eigenvalue weighted by Gasteiger charge is -2.24. The highest BCUT2D eigenvalue weighted by atomic mass is 32.1. The lowest BCUT2D eigenvalue weighted by atomic mass is 9.95. The zero-order chi connectivity index (χ0) is 24.4. The number of ether oxygens (including phenoxy) is 2. The molecule has 3 aromatic rings. The number of carbonyl (C=O) groups excluding carboxylic acids is 2. The van der Waals surface area contributed by atoms with E-state index in [1.54, 1.807) is 44.2 Å². The summed E-state index contributed by atoms with van der Waals surface area (Å²) in [4.78, 5) is 43.1. The predicted octanol–water partition coefficient (Wildman–Crippen LogP) is 3.03. The Morgan fingerprint density at radius 2 is 1.82 bits per heavy atom. The summed E-state index contributed by atoms with van der Waals surface area (Å²) in [6.45, 7) is 7.01. The smallest absolute Gasteiger partial charge is 0.338 e. The monoisotopic (exact) mass is 476 g/mol. The van der Waals surface area contributed by atoms with Crippen LogP contribution in [-0.2, 0) is 14.3 Å². The highest BCUT2D eigenvalue weighted by molar-refractivity contribution is 7.07. The van der Waals surface area contributed by atoms with Crippen molar-refractivity contribution in [2.45, 2.75) is 33.7 Å². The fourth-order valence-electron chi connectivity index (χ4n) is 3.84. The molecular weight excluding hydrogens is 452 g/mol. The summed E-state index contributed by atoms with van der Waals surface area (Å²) < 4.78 is 12.5. The molecule has 174 valence electrons. The van der Waals surface area contributed by atoms with Crippen molar-refractivity contribution < 1.29 is 19.1 Å². The third-order valence-corrected chi connectivity index (χ3v) is 6.35. The molecule has 0 saturated carbocycles. The van der Waals surface area contributed by atoms with Crippen molar-refractivity contribution in [3.63, 3.8) is 0 Å². The van der Waals surface area contributed by atoms with Crippen molar-refractivity contribution in [1.82, 2.24) is 4.57 Å². The standard InChI is InChI=1S/C26H24N2O5S/c1-5-32-25(31)22-16(3)27-26-28(23(22)18-12-10-15(2)11-13-18)24(30)21(34-26)14-19-8-6-7-9-20(19)33-17(4)29/h6-14,23H,5H2,1-4H3/b21-14-. The lowest BCUT2D eigenvalue weighted by molar-refractivity contribution is -0.139. The van der Waals surface area contributed by atoms with Gasteiger partial charge in [0.15, 0.2) is 4.80 Å². The number of hydrogen-bond donors (Lipinski definition) is 0. The van der Waals surface area contributed by atoms with Crippen LogP contribution < -0.4 is 19.6 Å². The van der Waals surface area contributed by atoms with Crippen LogP contribution in [0.1, 0.15) is 43.5 Å². The number of aryl methyl sites for hydroxylation is 1. The molecule has 4 rings (SSSR count). The Kier molecular flexibility index (Phi) is 6.61. The van der Waals surface area contributed by atoms with Crippen molar-refractivity contribution >= 4 is 29.4 Å². The summed E-state index contributed by atoms with van der Waals surface area (Å²) in [5.41, 5.74) is 3.01. The molecule has 2 aromatic carbocycles. The predicted molar refractivity (Wildman–Crippen MR) is 129 cm³/mol. The summed E-state index contributed by atoms with van der Waals surface area (Å²) in [6, 6.07) is 14.0. The van der Waals surface area contributed by atoms with Crippen molar-refractivity contribution in [3.8, 4) is 5.75 Å². The Bertz CT molecular complexity index is 1480. The number of para-hydroxylation sites is 1. The van der Waals surface area contributed by atoms with Crippen LogP contribution in [0.15, 0.2) is 69.6 Å². The van der Waals surface area contributed by atoms with Gasteiger partial charge in [-0.15, -0.1) is 0 Å². The van der Waals surface area contributed by atoms with Gasteiger partial charge in [0, 0.05) is 12.5 Å². The molecule has 8 heteroatoms. The lowest BCUT2D eigenvalue weighted by Crippen LogP contribution is -2.39. The summed E-state index contributed by atoms with van der Waals surface area (Å²) in [5.74, 6) is -0.584. The van der Waals surface area contributed by atoms with Gasteiger partial charge < -0.3 is 9.47 Å². The minimum atomic E-state index is -0.665. The summed E-state index contributed by atoms with van der Waals surface area (Å²) in [7, 11) is 0. The average Bonchev–Trinajstić information content (AvgIpc) is 3.09. The highest BCUT2D eigenvalue weighted by Gasteiger charge is 2.33. The molecule has 1 unspecified atom stereocenters. The van der Waals surface area contributed by atoms with Crippen LogP contribution >= 0.6 is 11.3 Å². The minimum absolute atomic E-state index is 0.216. The second kappa shape index (κ2) is 9.61. The first-order valence-electron chi connectivity index (χ1n) is 10.8. The topological polar surface area (TPSA) is 87.0 Å². The van der Waals surface area contributed by atoms with Gasteiger partial charge in [-0.1, -0.05) is 59.4 Å². The number of thiazole rings is 1. The van der Waals surface area contributed by atoms with E-state index in [0.717, 1.165) is 11.1 Å². The Labute approximate surface area is 200 Å². The summed E-state index contributed by atoms with van der Waals surface area (Å²) in [6.07, 6.45) is 1.68. The molecular formula is C26H24N2O5S. The molecule has 2 heterocycles.